The van der Waals surface area contributed by atoms with E-state index in [1.165, 1.54) is 12.8 Å². The molecule has 0 spiro atoms. The van der Waals surface area contributed by atoms with Crippen molar-refractivity contribution in [3.63, 3.8) is 0 Å². The van der Waals surface area contributed by atoms with Gasteiger partial charge in [0.15, 0.2) is 0 Å². The number of rotatable bonds is 2. The minimum atomic E-state index is 0.232. The lowest BCUT2D eigenvalue weighted by atomic mass is 10.1. The first-order chi connectivity index (χ1) is 5.77. The van der Waals surface area contributed by atoms with E-state index in [2.05, 4.69) is 5.32 Å². The van der Waals surface area contributed by atoms with Crippen LogP contribution in [0.15, 0.2) is 0 Å². The van der Waals surface area contributed by atoms with Crippen molar-refractivity contribution in [2.24, 2.45) is 11.7 Å². The van der Waals surface area contributed by atoms with Gasteiger partial charge in [-0.1, -0.05) is 12.8 Å². The van der Waals surface area contributed by atoms with Crippen molar-refractivity contribution in [2.45, 2.75) is 44.2 Å². The van der Waals surface area contributed by atoms with Gasteiger partial charge in [0.2, 0.25) is 5.91 Å². The van der Waals surface area contributed by atoms with Crippen LogP contribution in [0.25, 0.3) is 0 Å². The van der Waals surface area contributed by atoms with Crippen LogP contribution < -0.4 is 11.1 Å². The molecule has 3 nitrogen and oxygen atoms in total. The quantitative estimate of drug-likeness (QED) is 0.626. The Kier molecular flexibility index (Phi) is 2.05. The first-order valence-corrected chi connectivity index (χ1v) is 4.83. The highest BCUT2D eigenvalue weighted by Gasteiger charge is 2.36. The predicted octanol–water partition coefficient (Wildman–Crippen LogP) is 0.392. The van der Waals surface area contributed by atoms with Crippen LogP contribution in [-0.2, 0) is 4.79 Å². The monoisotopic (exact) mass is 168 g/mol. The highest BCUT2D eigenvalue weighted by atomic mass is 16.2. The lowest BCUT2D eigenvalue weighted by Gasteiger charge is -2.08. The van der Waals surface area contributed by atoms with Gasteiger partial charge in [0.1, 0.15) is 0 Å². The Morgan fingerprint density at radius 1 is 1.33 bits per heavy atom. The number of nitrogens with two attached hydrogens (primary N) is 1. The van der Waals surface area contributed by atoms with Gasteiger partial charge < -0.3 is 11.1 Å². The van der Waals surface area contributed by atoms with Crippen molar-refractivity contribution in [1.82, 2.24) is 5.32 Å². The molecule has 0 saturated heterocycles. The first-order valence-electron chi connectivity index (χ1n) is 4.83. The Morgan fingerprint density at radius 2 is 1.92 bits per heavy atom. The highest BCUT2D eigenvalue weighted by molar-refractivity contribution is 5.79. The van der Waals surface area contributed by atoms with Gasteiger partial charge in [0, 0.05) is 18.0 Å². The first kappa shape index (κ1) is 8.05. The molecule has 2 saturated carbocycles. The Hall–Kier alpha value is -0.570. The van der Waals surface area contributed by atoms with Crippen LogP contribution in [-0.4, -0.2) is 18.0 Å². The van der Waals surface area contributed by atoms with Crippen LogP contribution in [0.2, 0.25) is 0 Å². The van der Waals surface area contributed by atoms with Crippen LogP contribution >= 0.6 is 0 Å². The molecule has 12 heavy (non-hydrogen) atoms. The fraction of sp³-hybridized carbons (Fsp3) is 0.889. The Balaban J connectivity index is 1.76. The highest BCUT2D eigenvalue weighted by Crippen LogP contribution is 2.26. The summed E-state index contributed by atoms with van der Waals surface area (Å²) >= 11 is 0. The van der Waals surface area contributed by atoms with Crippen molar-refractivity contribution in [2.75, 3.05) is 0 Å². The van der Waals surface area contributed by atoms with Crippen molar-refractivity contribution in [1.29, 1.82) is 0 Å². The van der Waals surface area contributed by atoms with Crippen LogP contribution in [0.5, 0.6) is 0 Å². The number of carbonyl (C=O) groups is 1. The lowest BCUT2D eigenvalue weighted by molar-refractivity contribution is -0.124. The zero-order chi connectivity index (χ0) is 8.55. The van der Waals surface area contributed by atoms with E-state index in [-0.39, 0.29) is 23.9 Å². The molecule has 1 amide bonds. The molecule has 2 unspecified atom stereocenters. The molecule has 3 N–H and O–H groups in total. The molecule has 2 fully saturated rings. The maximum atomic E-state index is 11.5. The summed E-state index contributed by atoms with van der Waals surface area (Å²) in [6.45, 7) is 0. The van der Waals surface area contributed by atoms with Crippen molar-refractivity contribution < 1.29 is 4.79 Å². The second kappa shape index (κ2) is 3.05. The molecule has 0 heterocycles. The lowest BCUT2D eigenvalue weighted by Crippen LogP contribution is -2.33. The summed E-state index contributed by atoms with van der Waals surface area (Å²) in [7, 11) is 0. The second-order valence-electron chi connectivity index (χ2n) is 4.00. The molecule has 0 aliphatic heterocycles. The summed E-state index contributed by atoms with van der Waals surface area (Å²) in [6.07, 6.45) is 5.56. The van der Waals surface area contributed by atoms with Crippen molar-refractivity contribution >= 4 is 5.91 Å². The van der Waals surface area contributed by atoms with Crippen LogP contribution in [0, 0.1) is 5.92 Å². The molecule has 0 aromatic heterocycles. The molecule has 0 aromatic carbocycles. The van der Waals surface area contributed by atoms with Crippen LogP contribution in [0.4, 0.5) is 0 Å². The summed E-state index contributed by atoms with van der Waals surface area (Å²) in [5.74, 6) is 0.531. The molecule has 0 radical (unpaired) electrons. The average molecular weight is 168 g/mol. The number of carbonyl (C=O) groups excluding carboxylic acids is 1. The summed E-state index contributed by atoms with van der Waals surface area (Å²) in [5.41, 5.74) is 5.60. The number of hydrogen-bond acceptors (Lipinski definition) is 2. The van der Waals surface area contributed by atoms with Crippen LogP contribution in [0.1, 0.15) is 32.1 Å². The molecule has 2 aliphatic carbocycles. The van der Waals surface area contributed by atoms with E-state index in [0.29, 0.717) is 0 Å². The minimum Gasteiger partial charge on any atom is -0.352 e. The third-order valence-corrected chi connectivity index (χ3v) is 2.89. The van der Waals surface area contributed by atoms with Gasteiger partial charge in [0.25, 0.3) is 0 Å². The third-order valence-electron chi connectivity index (χ3n) is 2.89. The van der Waals surface area contributed by atoms with Gasteiger partial charge in [-0.2, -0.15) is 0 Å². The molecular formula is C9H16N2O. The fourth-order valence-electron chi connectivity index (χ4n) is 1.87. The maximum Gasteiger partial charge on any atom is 0.223 e. The van der Waals surface area contributed by atoms with Gasteiger partial charge in [0.05, 0.1) is 0 Å². The van der Waals surface area contributed by atoms with Gasteiger partial charge in [-0.25, -0.2) is 0 Å². The SMILES string of the molecule is NC1CC1NC(=O)C1CCCC1. The fourth-order valence-corrected chi connectivity index (χ4v) is 1.87. The van der Waals surface area contributed by atoms with Crippen molar-refractivity contribution in [3.05, 3.63) is 0 Å². The van der Waals surface area contributed by atoms with E-state index < -0.39 is 0 Å². The molecule has 0 aromatic rings. The molecule has 2 rings (SSSR count). The van der Waals surface area contributed by atoms with Crippen LogP contribution in [0.3, 0.4) is 0 Å². The van der Waals surface area contributed by atoms with Gasteiger partial charge >= 0.3 is 0 Å². The maximum absolute atomic E-state index is 11.5. The number of amides is 1. The molecule has 2 atom stereocenters. The van der Waals surface area contributed by atoms with E-state index in [1.54, 1.807) is 0 Å². The largest absolute Gasteiger partial charge is 0.352 e. The Bertz CT molecular complexity index is 187. The summed E-state index contributed by atoms with van der Waals surface area (Å²) in [6, 6.07) is 0.522. The van der Waals surface area contributed by atoms with E-state index >= 15 is 0 Å². The summed E-state index contributed by atoms with van der Waals surface area (Å²) in [4.78, 5) is 11.5. The minimum absolute atomic E-state index is 0.232. The standard InChI is InChI=1S/C9H16N2O/c10-7-5-8(7)11-9(12)6-3-1-2-4-6/h6-8H,1-5,10H2,(H,11,12). The molecule has 3 heteroatoms. The van der Waals surface area contributed by atoms with Gasteiger partial charge in [-0.3, -0.25) is 4.79 Å². The summed E-state index contributed by atoms with van der Waals surface area (Å²) < 4.78 is 0. The molecule has 2 aliphatic rings. The third kappa shape index (κ3) is 1.61. The van der Waals surface area contributed by atoms with Gasteiger partial charge in [-0.15, -0.1) is 0 Å². The zero-order valence-corrected chi connectivity index (χ0v) is 7.25. The van der Waals surface area contributed by atoms with E-state index in [0.717, 1.165) is 19.3 Å². The average Bonchev–Trinajstić information content (AvgIpc) is 2.58. The molecular weight excluding hydrogens is 152 g/mol. The van der Waals surface area contributed by atoms with E-state index in [9.17, 15) is 4.79 Å². The Morgan fingerprint density at radius 3 is 2.42 bits per heavy atom. The normalized spacial score (nSPS) is 35.1. The number of nitrogens with one attached hydrogen (secondary N) is 1. The second-order valence-corrected chi connectivity index (χ2v) is 4.00. The topological polar surface area (TPSA) is 55.1 Å². The predicted molar refractivity (Wildman–Crippen MR) is 46.5 cm³/mol. The smallest absolute Gasteiger partial charge is 0.223 e. The molecule has 0 bridgehead atoms. The number of hydrogen-bond donors (Lipinski definition) is 2. The molecule has 68 valence electrons. The summed E-state index contributed by atoms with van der Waals surface area (Å²) in [5, 5.41) is 2.98. The zero-order valence-electron chi connectivity index (χ0n) is 7.25. The van der Waals surface area contributed by atoms with E-state index in [4.69, 9.17) is 5.73 Å². The Labute approximate surface area is 72.7 Å². The van der Waals surface area contributed by atoms with Crippen molar-refractivity contribution in [3.8, 4) is 0 Å². The van der Waals surface area contributed by atoms with E-state index in [1.807, 2.05) is 0 Å². The van der Waals surface area contributed by atoms with Gasteiger partial charge in [-0.05, 0) is 19.3 Å².